The molecule has 1 amide bonds. The highest BCUT2D eigenvalue weighted by Gasteiger charge is 2.51. The topological polar surface area (TPSA) is 179 Å². The molecule has 1 spiro atoms. The molecule has 1 fully saturated rings. The number of rotatable bonds is 4. The highest BCUT2D eigenvalue weighted by atomic mass is 16.7. The van der Waals surface area contributed by atoms with Crippen LogP contribution in [0.2, 0.25) is 0 Å². The van der Waals surface area contributed by atoms with E-state index in [9.17, 15) is 30.0 Å². The Balaban J connectivity index is 1.55. The van der Waals surface area contributed by atoms with Crippen LogP contribution in [0.25, 0.3) is 10.8 Å². The molecule has 0 aliphatic carbocycles. The van der Waals surface area contributed by atoms with Crippen LogP contribution in [-0.2, 0) is 14.3 Å². The van der Waals surface area contributed by atoms with E-state index >= 15 is 0 Å². The van der Waals surface area contributed by atoms with Crippen LogP contribution in [0.1, 0.15) is 105 Å². The van der Waals surface area contributed by atoms with Gasteiger partial charge in [-0.1, -0.05) is 66.7 Å². The van der Waals surface area contributed by atoms with Gasteiger partial charge in [-0.25, -0.2) is 0 Å². The van der Waals surface area contributed by atoms with Crippen molar-refractivity contribution in [2.45, 2.75) is 132 Å². The summed E-state index contributed by atoms with van der Waals surface area (Å²) in [6, 6.07) is 0.375. The Morgan fingerprint density at radius 3 is 2.13 bits per heavy atom. The van der Waals surface area contributed by atoms with E-state index in [0.29, 0.717) is 30.4 Å². The van der Waals surface area contributed by atoms with Crippen LogP contribution >= 0.6 is 0 Å². The fourth-order valence-electron chi connectivity index (χ4n) is 10.1. The summed E-state index contributed by atoms with van der Waals surface area (Å²) in [5.74, 6) is -4.40. The second kappa shape index (κ2) is 17.1. The standard InChI is InChI=1S/C48H68N4O9/c1-24(2)23-52(25(3)4)20-18-48(19-21-52)50-37-34-35-42(55)32(11)44-36(34)45(57)47(12,61-44)60-22-17-33(59-13)29(8)28(7)30(9)41(54)31(10)40(53)26(5)15-14-16-27(6)46(58)49-39(43(35)56)38(37)51-48/h14-17,22,24-26,28-31,33,40-41,53-54H,18-21,23H2,1-13H3,(H2-,49,50,51,55,56,57,58)/p+1/b15-14+,22-17+,27-16-/t26-,28+,29-,30-,31+,33-,40-,41-,47-,48?,52?/m0/s1. The number of aromatic hydroxyl groups is 2. The van der Waals surface area contributed by atoms with Gasteiger partial charge in [-0.3, -0.25) is 19.6 Å². The number of aliphatic hydroxyl groups is 2. The van der Waals surface area contributed by atoms with Crippen molar-refractivity contribution < 1.29 is 48.7 Å². The van der Waals surface area contributed by atoms with Crippen molar-refractivity contribution in [1.82, 2.24) is 0 Å². The van der Waals surface area contributed by atoms with Crippen LogP contribution in [0.15, 0.2) is 46.1 Å². The van der Waals surface area contributed by atoms with Crippen LogP contribution < -0.4 is 20.8 Å². The van der Waals surface area contributed by atoms with Crippen molar-refractivity contribution in [3.05, 3.63) is 58.0 Å². The number of ether oxygens (including phenoxy) is 3. The number of allylic oxidation sites excluding steroid dienone is 2. The van der Waals surface area contributed by atoms with Crippen molar-refractivity contribution in [2.24, 2.45) is 45.5 Å². The lowest BCUT2D eigenvalue weighted by Crippen LogP contribution is -2.61. The number of benzene rings is 2. The zero-order valence-electron chi connectivity index (χ0n) is 38.4. The molecular formula is C48H69N4O9+. The minimum atomic E-state index is -1.87. The minimum Gasteiger partial charge on any atom is -0.507 e. The molecule has 5 N–H and O–H groups in total. The SMILES string of the molecule is CO[C@H]1/C=C/O[C@@]2(C)Oc3c(C)c(O)c4c(O)c(c5c(c4c3C2=O)=NC2(CC[N+](CC(C)C)(C(C)C)CC2)N=5)NC(=O)/C(C)=C\C=C\[C@H](C)[C@H](O)[C@@H](C)[C@@H](O)[C@@H](C)[C@H](C)[C@@H]1C. The van der Waals surface area contributed by atoms with Crippen molar-refractivity contribution in [3.63, 3.8) is 0 Å². The average Bonchev–Trinajstić information content (AvgIpc) is 3.72. The van der Waals surface area contributed by atoms with Gasteiger partial charge in [0, 0.05) is 61.2 Å². The number of nitrogens with one attached hydrogen (secondary N) is 1. The van der Waals surface area contributed by atoms with E-state index < -0.39 is 53.1 Å². The molecule has 334 valence electrons. The predicted molar refractivity (Wildman–Crippen MR) is 235 cm³/mol. The summed E-state index contributed by atoms with van der Waals surface area (Å²) in [5.41, 5.74) is -0.356. The van der Waals surface area contributed by atoms with Gasteiger partial charge in [0.15, 0.2) is 11.4 Å². The summed E-state index contributed by atoms with van der Waals surface area (Å²) in [5, 5.41) is 50.5. The number of aliphatic hydroxyl groups excluding tert-OH is 2. The van der Waals surface area contributed by atoms with Gasteiger partial charge in [-0.2, -0.15) is 0 Å². The van der Waals surface area contributed by atoms with E-state index in [0.717, 1.165) is 24.1 Å². The molecule has 2 aromatic carbocycles. The summed E-state index contributed by atoms with van der Waals surface area (Å²) in [6.07, 6.45) is 7.20. The van der Waals surface area contributed by atoms with Gasteiger partial charge < -0.3 is 44.4 Å². The highest BCUT2D eigenvalue weighted by Crippen LogP contribution is 2.50. The molecule has 0 saturated carbocycles. The molecule has 0 unspecified atom stereocenters. The normalized spacial score (nSPS) is 36.6. The molecule has 13 heteroatoms. The molecule has 1 saturated heterocycles. The first-order chi connectivity index (χ1) is 28.5. The van der Waals surface area contributed by atoms with Gasteiger partial charge in [0.25, 0.3) is 11.7 Å². The average molecular weight is 846 g/mol. The minimum absolute atomic E-state index is 0.0192. The first-order valence-corrected chi connectivity index (χ1v) is 22.1. The number of phenols is 2. The smallest absolute Gasteiger partial charge is 0.312 e. The summed E-state index contributed by atoms with van der Waals surface area (Å²) in [7, 11) is 1.58. The summed E-state index contributed by atoms with van der Waals surface area (Å²) in [6.45, 7) is 26.0. The monoisotopic (exact) mass is 846 g/mol. The zero-order valence-corrected chi connectivity index (χ0v) is 38.4. The molecule has 4 aliphatic rings. The van der Waals surface area contributed by atoms with Gasteiger partial charge in [0.2, 0.25) is 0 Å². The number of nitrogens with zero attached hydrogens (tertiary/aromatic N) is 3. The lowest BCUT2D eigenvalue weighted by molar-refractivity contribution is -0.955. The Bertz CT molecular complexity index is 2270. The zero-order chi connectivity index (χ0) is 45.1. The number of phenolic OH excluding ortho intramolecular Hbond substituents is 2. The molecule has 0 radical (unpaired) electrons. The molecule has 4 aliphatic heterocycles. The van der Waals surface area contributed by atoms with Crippen LogP contribution in [0.3, 0.4) is 0 Å². The number of piperidine rings is 1. The molecule has 6 rings (SSSR count). The predicted octanol–water partition coefficient (Wildman–Crippen LogP) is 6.38. The van der Waals surface area contributed by atoms with Crippen LogP contribution in [-0.4, -0.2) is 99.1 Å². The van der Waals surface area contributed by atoms with Crippen molar-refractivity contribution >= 4 is 28.2 Å². The number of likely N-dealkylation sites (tertiary alicyclic amines) is 1. The molecule has 13 nitrogen and oxygen atoms in total. The van der Waals surface area contributed by atoms with E-state index in [1.165, 1.54) is 13.2 Å². The number of methoxy groups -OCH3 is 1. The van der Waals surface area contributed by atoms with Crippen LogP contribution in [0.4, 0.5) is 5.69 Å². The van der Waals surface area contributed by atoms with E-state index in [-0.39, 0.29) is 73.5 Å². The molecule has 61 heavy (non-hydrogen) atoms. The maximum absolute atomic E-state index is 14.8. The first-order valence-electron chi connectivity index (χ1n) is 22.1. The summed E-state index contributed by atoms with van der Waals surface area (Å²) in [4.78, 5) is 39.3. The maximum atomic E-state index is 14.8. The third kappa shape index (κ3) is 8.11. The Kier molecular flexibility index (Phi) is 13.0. The van der Waals surface area contributed by atoms with Crippen molar-refractivity contribution in [2.75, 3.05) is 32.1 Å². The van der Waals surface area contributed by atoms with E-state index in [2.05, 4.69) is 33.0 Å². The van der Waals surface area contributed by atoms with Gasteiger partial charge in [0.1, 0.15) is 22.5 Å². The lowest BCUT2D eigenvalue weighted by atomic mass is 9.74. The lowest BCUT2D eigenvalue weighted by Gasteiger charge is -2.49. The van der Waals surface area contributed by atoms with Gasteiger partial charge in [0.05, 0.1) is 66.6 Å². The summed E-state index contributed by atoms with van der Waals surface area (Å²) < 4.78 is 19.3. The highest BCUT2D eigenvalue weighted by molar-refractivity contribution is 6.19. The van der Waals surface area contributed by atoms with Gasteiger partial charge >= 0.3 is 5.79 Å². The number of anilines is 1. The number of carbonyl (C=O) groups is 2. The quantitative estimate of drug-likeness (QED) is 0.173. The third-order valence-corrected chi connectivity index (χ3v) is 14.7. The number of hydrogen-bond acceptors (Lipinski definition) is 11. The largest absolute Gasteiger partial charge is 0.507 e. The number of amides is 1. The number of hydrogen-bond donors (Lipinski definition) is 5. The van der Waals surface area contributed by atoms with Crippen LogP contribution in [0.5, 0.6) is 17.2 Å². The number of ketones is 1. The number of carbonyl (C=O) groups excluding carboxylic acids is 2. The fraction of sp³-hybridized carbons (Fsp3) is 0.625. The number of Topliss-reactive ketones (excluding diaryl/α,β-unsaturated/α-hetero) is 1. The summed E-state index contributed by atoms with van der Waals surface area (Å²) >= 11 is 0. The third-order valence-electron chi connectivity index (χ3n) is 14.7. The maximum Gasteiger partial charge on any atom is 0.312 e. The van der Waals surface area contributed by atoms with E-state index in [1.807, 2.05) is 34.6 Å². The molecule has 0 aromatic heterocycles. The molecule has 9 atom stereocenters. The Labute approximate surface area is 360 Å². The Hall–Kier alpha value is -4.30. The van der Waals surface area contributed by atoms with Crippen LogP contribution in [0, 0.1) is 42.4 Å². The second-order valence-corrected chi connectivity index (χ2v) is 19.4. The van der Waals surface area contributed by atoms with Gasteiger partial charge in [-0.15, -0.1) is 0 Å². The second-order valence-electron chi connectivity index (χ2n) is 19.4. The van der Waals surface area contributed by atoms with Crippen molar-refractivity contribution in [3.8, 4) is 17.2 Å². The van der Waals surface area contributed by atoms with E-state index in [4.69, 9.17) is 24.2 Å². The molecule has 4 heterocycles. The molecule has 2 aromatic rings. The Morgan fingerprint density at radius 2 is 1.52 bits per heavy atom. The number of quaternary nitrogens is 1. The van der Waals surface area contributed by atoms with Crippen molar-refractivity contribution in [1.29, 1.82) is 0 Å². The van der Waals surface area contributed by atoms with E-state index in [1.54, 1.807) is 45.3 Å². The molecule has 4 bridgehead atoms. The molecular weight excluding hydrogens is 777 g/mol. The Morgan fingerprint density at radius 1 is 0.885 bits per heavy atom. The fourth-order valence-corrected chi connectivity index (χ4v) is 10.1. The van der Waals surface area contributed by atoms with Gasteiger partial charge in [-0.05, 0) is 51.5 Å². The number of fused-ring (bicyclic) bond motifs is 1. The first kappa shape index (κ1) is 46.2.